The molecule has 1 fully saturated rings. The number of ketones is 1. The summed E-state index contributed by atoms with van der Waals surface area (Å²) in [6, 6.07) is 18.9. The Hall–Kier alpha value is -2.89. The number of Topliss-reactive ketones (excluding diaryl/α,β-unsaturated/α-hetero) is 1. The Kier molecular flexibility index (Phi) is 4.13. The monoisotopic (exact) mass is 417 g/mol. The van der Waals surface area contributed by atoms with Crippen LogP contribution in [-0.2, 0) is 4.79 Å². The van der Waals surface area contributed by atoms with Gasteiger partial charge in [-0.05, 0) is 41.8 Å². The number of hydrogen-bond donors (Lipinski definition) is 0. The molecule has 0 unspecified atom stereocenters. The highest BCUT2D eigenvalue weighted by molar-refractivity contribution is 9.10. The second-order valence-electron chi connectivity index (χ2n) is 6.97. The van der Waals surface area contributed by atoms with Crippen molar-refractivity contribution >= 4 is 27.8 Å². The second kappa shape index (κ2) is 6.37. The maximum absolute atomic E-state index is 12.7. The highest BCUT2D eigenvalue weighted by Crippen LogP contribution is 2.59. The highest BCUT2D eigenvalue weighted by atomic mass is 79.9. The molecule has 0 N–H and O–H groups in total. The molecule has 2 aliphatic rings. The van der Waals surface area contributed by atoms with Gasteiger partial charge in [-0.15, -0.1) is 0 Å². The third-order valence-corrected chi connectivity index (χ3v) is 6.12. The van der Waals surface area contributed by atoms with E-state index in [0.717, 1.165) is 21.2 Å². The average molecular weight is 418 g/mol. The van der Waals surface area contributed by atoms with Crippen molar-refractivity contribution in [2.24, 2.45) is 5.41 Å². The zero-order chi connectivity index (χ0) is 19.2. The number of halogens is 1. The molecule has 0 spiro atoms. The second-order valence-corrected chi connectivity index (χ2v) is 7.89. The fraction of sp³-hybridized carbons (Fsp3) is 0.227. The van der Waals surface area contributed by atoms with E-state index < -0.39 is 23.4 Å². The number of carbonyl (C=O) groups is 1. The average Bonchev–Trinajstić information content (AvgIpc) is 3.00. The summed E-state index contributed by atoms with van der Waals surface area (Å²) in [5, 5.41) is 20.4. The molecule has 132 valence electrons. The van der Waals surface area contributed by atoms with Gasteiger partial charge in [-0.3, -0.25) is 4.79 Å². The van der Waals surface area contributed by atoms with E-state index in [0.29, 0.717) is 0 Å². The lowest BCUT2D eigenvalue weighted by molar-refractivity contribution is -0.121. The summed E-state index contributed by atoms with van der Waals surface area (Å²) in [5.41, 5.74) is 1.34. The van der Waals surface area contributed by atoms with Gasteiger partial charge >= 0.3 is 0 Å². The lowest BCUT2D eigenvalue weighted by Crippen LogP contribution is -2.36. The smallest absolute Gasteiger partial charge is 0.177 e. The zero-order valence-corrected chi connectivity index (χ0v) is 16.2. The van der Waals surface area contributed by atoms with Crippen molar-refractivity contribution in [3.05, 3.63) is 75.9 Å². The lowest BCUT2D eigenvalue weighted by atomic mass is 9.68. The van der Waals surface area contributed by atoms with Crippen LogP contribution in [0, 0.1) is 28.1 Å². The van der Waals surface area contributed by atoms with Crippen LogP contribution in [0.1, 0.15) is 35.6 Å². The molecule has 2 aromatic rings. The van der Waals surface area contributed by atoms with Crippen LogP contribution in [0.3, 0.4) is 0 Å². The van der Waals surface area contributed by atoms with E-state index in [1.54, 1.807) is 0 Å². The van der Waals surface area contributed by atoms with Crippen molar-refractivity contribution in [2.45, 2.75) is 24.9 Å². The van der Waals surface area contributed by atoms with Gasteiger partial charge in [-0.1, -0.05) is 52.3 Å². The summed E-state index contributed by atoms with van der Waals surface area (Å²) in [4.78, 5) is 14.6. The van der Waals surface area contributed by atoms with Crippen molar-refractivity contribution in [3.63, 3.8) is 0 Å². The van der Waals surface area contributed by atoms with Crippen molar-refractivity contribution in [3.8, 4) is 12.1 Å². The van der Waals surface area contributed by atoms with Crippen LogP contribution in [0.25, 0.3) is 6.08 Å². The topological polar surface area (TPSA) is 67.9 Å². The predicted octanol–water partition coefficient (Wildman–Crippen LogP) is 4.57. The van der Waals surface area contributed by atoms with Crippen LogP contribution in [0.2, 0.25) is 0 Å². The Morgan fingerprint density at radius 1 is 1.11 bits per heavy atom. The Labute approximate surface area is 166 Å². The van der Waals surface area contributed by atoms with E-state index in [-0.39, 0.29) is 5.78 Å². The van der Waals surface area contributed by atoms with Gasteiger partial charge in [0.2, 0.25) is 0 Å². The first kappa shape index (κ1) is 17.5. The SMILES string of the molecule is CC(=O)[C@@H]1[C@H](c2ccc(Br)cc2)C(C#N)(C#N)[C@@H]2c3ccccc3C=CN12. The van der Waals surface area contributed by atoms with Gasteiger partial charge in [-0.25, -0.2) is 0 Å². The molecule has 27 heavy (non-hydrogen) atoms. The van der Waals surface area contributed by atoms with Crippen molar-refractivity contribution in [1.82, 2.24) is 4.90 Å². The van der Waals surface area contributed by atoms with Crippen LogP contribution in [0.5, 0.6) is 0 Å². The van der Waals surface area contributed by atoms with Crippen LogP contribution < -0.4 is 0 Å². The molecule has 2 aromatic carbocycles. The molecule has 1 saturated heterocycles. The van der Waals surface area contributed by atoms with Gasteiger partial charge in [-0.2, -0.15) is 10.5 Å². The van der Waals surface area contributed by atoms with E-state index in [1.807, 2.05) is 65.7 Å². The number of hydrogen-bond acceptors (Lipinski definition) is 4. The molecule has 3 atom stereocenters. The summed E-state index contributed by atoms with van der Waals surface area (Å²) >= 11 is 3.42. The maximum Gasteiger partial charge on any atom is 0.177 e. The summed E-state index contributed by atoms with van der Waals surface area (Å²) in [6.07, 6.45) is 3.81. The lowest BCUT2D eigenvalue weighted by Gasteiger charge is -2.34. The molecule has 0 radical (unpaired) electrons. The minimum Gasteiger partial charge on any atom is -0.357 e. The van der Waals surface area contributed by atoms with Gasteiger partial charge in [0, 0.05) is 16.6 Å². The number of rotatable bonds is 2. The fourth-order valence-electron chi connectivity index (χ4n) is 4.50. The predicted molar refractivity (Wildman–Crippen MR) is 105 cm³/mol. The van der Waals surface area contributed by atoms with Gasteiger partial charge in [0.05, 0.1) is 24.2 Å². The molecule has 0 bridgehead atoms. The molecule has 2 aliphatic heterocycles. The minimum absolute atomic E-state index is 0.0516. The molecular formula is C22H16BrN3O. The van der Waals surface area contributed by atoms with E-state index in [9.17, 15) is 15.3 Å². The minimum atomic E-state index is -1.37. The van der Waals surface area contributed by atoms with Gasteiger partial charge < -0.3 is 4.90 Å². The number of nitriles is 2. The highest BCUT2D eigenvalue weighted by Gasteiger charge is 2.63. The maximum atomic E-state index is 12.7. The molecule has 0 saturated carbocycles. The number of carbonyl (C=O) groups excluding carboxylic acids is 1. The van der Waals surface area contributed by atoms with Crippen molar-refractivity contribution < 1.29 is 4.79 Å². The summed E-state index contributed by atoms with van der Waals surface area (Å²) in [7, 11) is 0. The first-order valence-corrected chi connectivity index (χ1v) is 9.46. The Bertz CT molecular complexity index is 1010. The molecule has 2 heterocycles. The van der Waals surface area contributed by atoms with Crippen LogP contribution in [-0.4, -0.2) is 16.7 Å². The van der Waals surface area contributed by atoms with E-state index >= 15 is 0 Å². The molecular weight excluding hydrogens is 402 g/mol. The first-order valence-electron chi connectivity index (χ1n) is 8.66. The van der Waals surface area contributed by atoms with E-state index in [1.165, 1.54) is 6.92 Å². The Morgan fingerprint density at radius 3 is 2.41 bits per heavy atom. The zero-order valence-electron chi connectivity index (χ0n) is 14.6. The van der Waals surface area contributed by atoms with E-state index in [2.05, 4.69) is 28.1 Å². The van der Waals surface area contributed by atoms with Gasteiger partial charge in [0.15, 0.2) is 11.2 Å². The van der Waals surface area contributed by atoms with Crippen LogP contribution >= 0.6 is 15.9 Å². The third kappa shape index (κ3) is 2.43. The molecule has 4 nitrogen and oxygen atoms in total. The van der Waals surface area contributed by atoms with Crippen LogP contribution in [0.15, 0.2) is 59.2 Å². The quantitative estimate of drug-likeness (QED) is 0.717. The standard InChI is InChI=1S/C22H16BrN3O/c1-14(27)20-19(16-6-8-17(23)9-7-16)22(12-24,13-25)21-18-5-3-2-4-15(18)10-11-26(20)21/h2-11,19-21H,1H3/t19-,20+,21-/m0/s1. The third-order valence-electron chi connectivity index (χ3n) is 5.59. The summed E-state index contributed by atoms with van der Waals surface area (Å²) < 4.78 is 0.908. The molecule has 5 heteroatoms. The summed E-state index contributed by atoms with van der Waals surface area (Å²) in [5.74, 6) is -0.594. The largest absolute Gasteiger partial charge is 0.357 e. The van der Waals surface area contributed by atoms with Crippen molar-refractivity contribution in [1.29, 1.82) is 10.5 Å². The molecule has 4 rings (SSSR count). The number of fused-ring (bicyclic) bond motifs is 3. The molecule has 0 aliphatic carbocycles. The summed E-state index contributed by atoms with van der Waals surface area (Å²) in [6.45, 7) is 1.53. The first-order chi connectivity index (χ1) is 13.0. The van der Waals surface area contributed by atoms with Crippen LogP contribution in [0.4, 0.5) is 0 Å². The molecule has 0 aromatic heterocycles. The fourth-order valence-corrected chi connectivity index (χ4v) is 4.76. The number of nitrogens with zero attached hydrogens (tertiary/aromatic N) is 3. The Balaban J connectivity index is 2.00. The van der Waals surface area contributed by atoms with Crippen molar-refractivity contribution in [2.75, 3.05) is 0 Å². The number of benzene rings is 2. The van der Waals surface area contributed by atoms with Gasteiger partial charge in [0.25, 0.3) is 0 Å². The Morgan fingerprint density at radius 2 is 1.78 bits per heavy atom. The van der Waals surface area contributed by atoms with E-state index in [4.69, 9.17) is 0 Å². The molecule has 0 amide bonds. The normalized spacial score (nSPS) is 24.4. The van der Waals surface area contributed by atoms with Gasteiger partial charge in [0.1, 0.15) is 0 Å².